The summed E-state index contributed by atoms with van der Waals surface area (Å²) in [7, 11) is -3.50. The van der Waals surface area contributed by atoms with Gasteiger partial charge in [-0.1, -0.05) is 42.8 Å². The summed E-state index contributed by atoms with van der Waals surface area (Å²) in [5.74, 6) is -1.21. The second-order valence-corrected chi connectivity index (χ2v) is 8.30. The zero-order valence-corrected chi connectivity index (χ0v) is 16.2. The molecule has 0 spiro atoms. The minimum absolute atomic E-state index is 0.0503. The van der Waals surface area contributed by atoms with Gasteiger partial charge in [-0.2, -0.15) is 0 Å². The Hall–Kier alpha value is -2.18. The number of carbonyl (C=O) groups is 2. The molecular weight excluding hydrogens is 376 g/mol. The molecule has 5 nitrogen and oxygen atoms in total. The number of ketones is 1. The maximum Gasteiger partial charge on any atom is 0.340 e. The van der Waals surface area contributed by atoms with Crippen molar-refractivity contribution in [3.05, 3.63) is 64.2 Å². The molecule has 0 N–H and O–H groups in total. The van der Waals surface area contributed by atoms with Crippen molar-refractivity contribution in [2.75, 3.05) is 6.26 Å². The number of carbonyl (C=O) groups excluding carboxylic acids is 2. The van der Waals surface area contributed by atoms with Crippen LogP contribution in [0.15, 0.2) is 47.4 Å². The topological polar surface area (TPSA) is 77.5 Å². The minimum atomic E-state index is -3.50. The molecule has 26 heavy (non-hydrogen) atoms. The second kappa shape index (κ2) is 8.01. The van der Waals surface area contributed by atoms with Crippen LogP contribution in [0.5, 0.6) is 0 Å². The SMILES string of the molecule is CCc1ccc(C(=O)[C@H](C)OC(=O)c2cc(S(C)(=O)=O)ccc2Cl)cc1. The van der Waals surface area contributed by atoms with Crippen LogP contribution in [0.2, 0.25) is 5.02 Å². The van der Waals surface area contributed by atoms with E-state index in [2.05, 4.69) is 0 Å². The average molecular weight is 395 g/mol. The molecule has 0 saturated heterocycles. The lowest BCUT2D eigenvalue weighted by molar-refractivity contribution is 0.0318. The summed E-state index contributed by atoms with van der Waals surface area (Å²) in [6.45, 7) is 3.47. The van der Waals surface area contributed by atoms with Gasteiger partial charge in [0.2, 0.25) is 5.78 Å². The molecule has 0 fully saturated rings. The van der Waals surface area contributed by atoms with Crippen molar-refractivity contribution in [3.8, 4) is 0 Å². The van der Waals surface area contributed by atoms with Crippen LogP contribution >= 0.6 is 11.6 Å². The van der Waals surface area contributed by atoms with E-state index < -0.39 is 21.9 Å². The van der Waals surface area contributed by atoms with Gasteiger partial charge in [0.15, 0.2) is 15.9 Å². The molecule has 0 amide bonds. The highest BCUT2D eigenvalue weighted by Crippen LogP contribution is 2.22. The van der Waals surface area contributed by atoms with Gasteiger partial charge in [-0.3, -0.25) is 4.79 Å². The highest BCUT2D eigenvalue weighted by molar-refractivity contribution is 7.90. The lowest BCUT2D eigenvalue weighted by Crippen LogP contribution is -2.24. The zero-order valence-electron chi connectivity index (χ0n) is 14.7. The Kier molecular flexibility index (Phi) is 6.21. The van der Waals surface area contributed by atoms with Gasteiger partial charge in [-0.25, -0.2) is 13.2 Å². The number of rotatable bonds is 6. The molecule has 0 saturated carbocycles. The molecule has 7 heteroatoms. The van der Waals surface area contributed by atoms with Crippen molar-refractivity contribution in [2.45, 2.75) is 31.3 Å². The first kappa shape index (κ1) is 20.1. The number of halogens is 1. The summed E-state index contributed by atoms with van der Waals surface area (Å²) in [5.41, 5.74) is 1.42. The van der Waals surface area contributed by atoms with Crippen molar-refractivity contribution in [3.63, 3.8) is 0 Å². The summed E-state index contributed by atoms with van der Waals surface area (Å²) in [6, 6.07) is 10.8. The number of ether oxygens (including phenoxy) is 1. The lowest BCUT2D eigenvalue weighted by Gasteiger charge is -2.14. The quantitative estimate of drug-likeness (QED) is 0.551. The highest BCUT2D eigenvalue weighted by atomic mass is 35.5. The Labute approximate surface area is 157 Å². The number of aryl methyl sites for hydroxylation is 1. The fraction of sp³-hybridized carbons (Fsp3) is 0.263. The van der Waals surface area contributed by atoms with Crippen LogP contribution in [0, 0.1) is 0 Å². The van der Waals surface area contributed by atoms with E-state index in [-0.39, 0.29) is 21.3 Å². The van der Waals surface area contributed by atoms with Crippen LogP contribution in [0.1, 0.15) is 40.1 Å². The summed E-state index contributed by atoms with van der Waals surface area (Å²) in [4.78, 5) is 24.7. The Morgan fingerprint density at radius 3 is 2.27 bits per heavy atom. The Bertz CT molecular complexity index is 933. The molecular formula is C19H19ClO5S. The van der Waals surface area contributed by atoms with E-state index in [1.807, 2.05) is 19.1 Å². The van der Waals surface area contributed by atoms with Gasteiger partial charge in [-0.05, 0) is 37.1 Å². The fourth-order valence-electron chi connectivity index (χ4n) is 2.31. The maximum absolute atomic E-state index is 12.4. The van der Waals surface area contributed by atoms with Crippen molar-refractivity contribution in [1.29, 1.82) is 0 Å². The molecule has 2 aromatic carbocycles. The van der Waals surface area contributed by atoms with Crippen molar-refractivity contribution < 1.29 is 22.7 Å². The third-order valence-corrected chi connectivity index (χ3v) is 5.33. The highest BCUT2D eigenvalue weighted by Gasteiger charge is 2.23. The molecule has 0 aromatic heterocycles. The molecule has 0 heterocycles. The number of sulfone groups is 1. The van der Waals surface area contributed by atoms with E-state index >= 15 is 0 Å². The Balaban J connectivity index is 2.19. The summed E-state index contributed by atoms with van der Waals surface area (Å²) in [5, 5.41) is 0.0503. The average Bonchev–Trinajstić information content (AvgIpc) is 2.60. The third-order valence-electron chi connectivity index (χ3n) is 3.89. The molecule has 0 aliphatic carbocycles. The smallest absolute Gasteiger partial charge is 0.340 e. The number of Topliss-reactive ketones (excluding diaryl/α,β-unsaturated/α-hetero) is 1. The first-order chi connectivity index (χ1) is 12.1. The number of esters is 1. The van der Waals surface area contributed by atoms with Crippen LogP contribution in [0.3, 0.4) is 0 Å². The number of hydrogen-bond acceptors (Lipinski definition) is 5. The molecule has 0 radical (unpaired) electrons. The molecule has 138 valence electrons. The summed E-state index contributed by atoms with van der Waals surface area (Å²) >= 11 is 5.97. The largest absolute Gasteiger partial charge is 0.451 e. The lowest BCUT2D eigenvalue weighted by atomic mass is 10.0. The van der Waals surface area contributed by atoms with E-state index in [9.17, 15) is 18.0 Å². The van der Waals surface area contributed by atoms with Gasteiger partial charge in [0.05, 0.1) is 15.5 Å². The van der Waals surface area contributed by atoms with E-state index in [0.717, 1.165) is 24.3 Å². The van der Waals surface area contributed by atoms with Gasteiger partial charge < -0.3 is 4.74 Å². The monoisotopic (exact) mass is 394 g/mol. The van der Waals surface area contributed by atoms with Gasteiger partial charge in [-0.15, -0.1) is 0 Å². The minimum Gasteiger partial charge on any atom is -0.451 e. The van der Waals surface area contributed by atoms with Crippen LogP contribution in [0.4, 0.5) is 0 Å². The first-order valence-corrected chi connectivity index (χ1v) is 10.2. The fourth-order valence-corrected chi connectivity index (χ4v) is 3.15. The molecule has 1 atom stereocenters. The van der Waals surface area contributed by atoms with Crippen molar-refractivity contribution in [2.24, 2.45) is 0 Å². The van der Waals surface area contributed by atoms with Crippen LogP contribution in [0.25, 0.3) is 0 Å². The van der Waals surface area contributed by atoms with Crippen LogP contribution < -0.4 is 0 Å². The van der Waals surface area contributed by atoms with Gasteiger partial charge in [0.1, 0.15) is 0 Å². The van der Waals surface area contributed by atoms with E-state index in [4.69, 9.17) is 16.3 Å². The predicted octanol–water partition coefficient (Wildman–Crippen LogP) is 3.73. The van der Waals surface area contributed by atoms with Crippen LogP contribution in [-0.2, 0) is 21.0 Å². The third kappa shape index (κ3) is 4.71. The molecule has 0 aliphatic heterocycles. The van der Waals surface area contributed by atoms with Gasteiger partial charge >= 0.3 is 5.97 Å². The van der Waals surface area contributed by atoms with Crippen molar-refractivity contribution >= 4 is 33.2 Å². The van der Waals surface area contributed by atoms with Crippen LogP contribution in [-0.4, -0.2) is 32.5 Å². The summed E-state index contributed by atoms with van der Waals surface area (Å²) in [6.07, 6.45) is 0.846. The normalized spacial score (nSPS) is 12.5. The standard InChI is InChI=1S/C19H19ClO5S/c1-4-13-5-7-14(8-6-13)18(21)12(2)25-19(22)16-11-15(26(3,23)24)9-10-17(16)20/h5-12H,4H2,1-3H3/t12-/m0/s1. The predicted molar refractivity (Wildman–Crippen MR) is 99.6 cm³/mol. The number of hydrogen-bond donors (Lipinski definition) is 0. The summed E-state index contributed by atoms with van der Waals surface area (Å²) < 4.78 is 28.5. The molecule has 2 aromatic rings. The molecule has 0 aliphatic rings. The Morgan fingerprint density at radius 1 is 1.12 bits per heavy atom. The molecule has 2 rings (SSSR count). The van der Waals surface area contributed by atoms with Crippen molar-refractivity contribution in [1.82, 2.24) is 0 Å². The zero-order chi connectivity index (χ0) is 19.5. The van der Waals surface area contributed by atoms with E-state index in [0.29, 0.717) is 5.56 Å². The van der Waals surface area contributed by atoms with Gasteiger partial charge in [0, 0.05) is 11.8 Å². The maximum atomic E-state index is 12.4. The Morgan fingerprint density at radius 2 is 1.73 bits per heavy atom. The molecule has 0 bridgehead atoms. The number of benzene rings is 2. The van der Waals surface area contributed by atoms with E-state index in [1.165, 1.54) is 19.1 Å². The van der Waals surface area contributed by atoms with E-state index in [1.54, 1.807) is 12.1 Å². The van der Waals surface area contributed by atoms with Gasteiger partial charge in [0.25, 0.3) is 0 Å². The first-order valence-electron chi connectivity index (χ1n) is 7.97. The molecule has 0 unspecified atom stereocenters. The second-order valence-electron chi connectivity index (χ2n) is 5.88.